The Labute approximate surface area is 75.1 Å². The van der Waals surface area contributed by atoms with Gasteiger partial charge >= 0.3 is 11.7 Å². The molecule has 5 nitrogen and oxygen atoms in total. The molecule has 0 spiro atoms. The van der Waals surface area contributed by atoms with Crippen LogP contribution < -0.4 is 9.47 Å². The predicted molar refractivity (Wildman–Crippen MR) is 43.3 cm³/mol. The van der Waals surface area contributed by atoms with E-state index in [1.807, 2.05) is 0 Å². The Morgan fingerprint density at radius 1 is 1.54 bits per heavy atom. The maximum atomic E-state index is 11.0. The van der Waals surface area contributed by atoms with Gasteiger partial charge in [0.05, 0.1) is 20.3 Å². The second kappa shape index (κ2) is 3.75. The number of methoxy groups -OCH3 is 2. The summed E-state index contributed by atoms with van der Waals surface area (Å²) in [6.07, 6.45) is 1.19. The Kier molecular flexibility index (Phi) is 2.69. The Morgan fingerprint density at radius 3 is 2.77 bits per heavy atom. The fourth-order valence-corrected chi connectivity index (χ4v) is 0.848. The van der Waals surface area contributed by atoms with Crippen molar-refractivity contribution in [3.8, 4) is 5.75 Å². The maximum Gasteiger partial charge on any atom is 0.404 e. The van der Waals surface area contributed by atoms with Crippen LogP contribution in [0.2, 0.25) is 0 Å². The number of rotatable bonds is 2. The van der Waals surface area contributed by atoms with Crippen LogP contribution in [0.3, 0.4) is 0 Å². The van der Waals surface area contributed by atoms with Crippen molar-refractivity contribution in [2.75, 3.05) is 14.2 Å². The number of ether oxygens (including phenoxy) is 2. The summed E-state index contributed by atoms with van der Waals surface area (Å²) >= 11 is 0. The zero-order chi connectivity index (χ0) is 9.84. The summed E-state index contributed by atoms with van der Waals surface area (Å²) < 4.78 is 9.67. The highest BCUT2D eigenvalue weighted by Gasteiger charge is 2.17. The molecule has 0 saturated heterocycles. The van der Waals surface area contributed by atoms with Crippen molar-refractivity contribution < 1.29 is 19.0 Å². The number of aromatic nitrogens is 1. The zero-order valence-electron chi connectivity index (χ0n) is 7.31. The third-order valence-corrected chi connectivity index (χ3v) is 1.52. The number of hydrogen-bond donors (Lipinski definition) is 0. The first kappa shape index (κ1) is 9.31. The van der Waals surface area contributed by atoms with Gasteiger partial charge in [-0.2, -0.15) is 4.73 Å². The highest BCUT2D eigenvalue weighted by atomic mass is 16.5. The first-order valence-corrected chi connectivity index (χ1v) is 3.54. The van der Waals surface area contributed by atoms with Gasteiger partial charge in [0.1, 0.15) is 5.75 Å². The van der Waals surface area contributed by atoms with Crippen molar-refractivity contribution in [2.45, 2.75) is 0 Å². The molecule has 5 heteroatoms. The zero-order valence-corrected chi connectivity index (χ0v) is 7.31. The van der Waals surface area contributed by atoms with Crippen LogP contribution in [0.15, 0.2) is 18.3 Å². The van der Waals surface area contributed by atoms with Crippen LogP contribution in [0.4, 0.5) is 0 Å². The molecule has 0 aliphatic rings. The fraction of sp³-hybridized carbons (Fsp3) is 0.250. The van der Waals surface area contributed by atoms with Crippen molar-refractivity contribution in [2.24, 2.45) is 0 Å². The summed E-state index contributed by atoms with van der Waals surface area (Å²) in [4.78, 5) is 11.0. The molecule has 0 aliphatic carbocycles. The number of pyridine rings is 1. The van der Waals surface area contributed by atoms with Gasteiger partial charge in [0.25, 0.3) is 0 Å². The largest absolute Gasteiger partial charge is 0.618 e. The van der Waals surface area contributed by atoms with Gasteiger partial charge in [-0.05, 0) is 0 Å². The van der Waals surface area contributed by atoms with Gasteiger partial charge in [-0.1, -0.05) is 0 Å². The molecule has 0 amide bonds. The molecule has 70 valence electrons. The molecule has 0 bridgehead atoms. The molecule has 0 atom stereocenters. The van der Waals surface area contributed by atoms with Crippen molar-refractivity contribution in [1.82, 2.24) is 0 Å². The van der Waals surface area contributed by atoms with Crippen molar-refractivity contribution in [1.29, 1.82) is 0 Å². The smallest absolute Gasteiger partial charge is 0.404 e. The average Bonchev–Trinajstić information content (AvgIpc) is 2.17. The number of esters is 1. The van der Waals surface area contributed by atoms with E-state index in [0.29, 0.717) is 10.5 Å². The lowest BCUT2D eigenvalue weighted by Crippen LogP contribution is -2.34. The highest BCUT2D eigenvalue weighted by Crippen LogP contribution is 2.08. The van der Waals surface area contributed by atoms with Crippen LogP contribution >= 0.6 is 0 Å². The van der Waals surface area contributed by atoms with E-state index in [4.69, 9.17) is 4.74 Å². The normalized spacial score (nSPS) is 9.38. The van der Waals surface area contributed by atoms with E-state index in [1.165, 1.54) is 32.5 Å². The van der Waals surface area contributed by atoms with Crippen LogP contribution in [-0.4, -0.2) is 20.2 Å². The van der Waals surface area contributed by atoms with Crippen molar-refractivity contribution in [3.05, 3.63) is 29.2 Å². The first-order chi connectivity index (χ1) is 6.19. The molecule has 0 N–H and O–H groups in total. The standard InChI is InChI=1S/C8H9NO4/c1-12-6-3-4-9(11)7(5-6)8(10)13-2/h3-5H,1-2H3. The van der Waals surface area contributed by atoms with Crippen LogP contribution in [0.5, 0.6) is 5.75 Å². The molecule has 13 heavy (non-hydrogen) atoms. The molecule has 0 aliphatic heterocycles. The van der Waals surface area contributed by atoms with Gasteiger partial charge in [0, 0.05) is 6.07 Å². The van der Waals surface area contributed by atoms with E-state index in [9.17, 15) is 10.0 Å². The van der Waals surface area contributed by atoms with Crippen molar-refractivity contribution in [3.63, 3.8) is 0 Å². The molecule has 0 fully saturated rings. The third-order valence-electron chi connectivity index (χ3n) is 1.52. The van der Waals surface area contributed by atoms with E-state index < -0.39 is 5.97 Å². The minimum absolute atomic E-state index is 0.0955. The van der Waals surface area contributed by atoms with Crippen LogP contribution in [0, 0.1) is 5.21 Å². The highest BCUT2D eigenvalue weighted by molar-refractivity contribution is 5.85. The maximum absolute atomic E-state index is 11.0. The van der Waals surface area contributed by atoms with Gasteiger partial charge in [0.15, 0.2) is 6.20 Å². The number of carbonyl (C=O) groups is 1. The summed E-state index contributed by atoms with van der Waals surface area (Å²) in [5.74, 6) is -0.249. The molecule has 0 saturated carbocycles. The first-order valence-electron chi connectivity index (χ1n) is 3.54. The van der Waals surface area contributed by atoms with Gasteiger partial charge in [-0.3, -0.25) is 0 Å². The SMILES string of the molecule is COC(=O)c1cc(OC)cc[n+]1[O-]. The molecule has 0 unspecified atom stereocenters. The van der Waals surface area contributed by atoms with E-state index >= 15 is 0 Å². The number of nitrogens with zero attached hydrogens (tertiary/aromatic N) is 1. The molecular weight excluding hydrogens is 174 g/mol. The van der Waals surface area contributed by atoms with E-state index in [0.717, 1.165) is 0 Å². The Morgan fingerprint density at radius 2 is 2.23 bits per heavy atom. The third kappa shape index (κ3) is 1.87. The molecule has 1 rings (SSSR count). The molecule has 0 radical (unpaired) electrons. The Hall–Kier alpha value is -1.78. The molecule has 1 aromatic rings. The lowest BCUT2D eigenvalue weighted by molar-refractivity contribution is -0.608. The molecule has 0 aromatic carbocycles. The lowest BCUT2D eigenvalue weighted by Gasteiger charge is -2.03. The summed E-state index contributed by atoms with van der Waals surface area (Å²) in [7, 11) is 2.66. The minimum Gasteiger partial charge on any atom is -0.618 e. The second-order valence-electron chi connectivity index (χ2n) is 2.27. The minimum atomic E-state index is -0.686. The van der Waals surface area contributed by atoms with E-state index in [1.54, 1.807) is 0 Å². The van der Waals surface area contributed by atoms with Crippen LogP contribution in [-0.2, 0) is 4.74 Å². The van der Waals surface area contributed by atoms with Gasteiger partial charge in [-0.25, -0.2) is 4.79 Å². The fourth-order valence-electron chi connectivity index (χ4n) is 0.848. The summed E-state index contributed by atoms with van der Waals surface area (Å²) in [5.41, 5.74) is -0.0955. The predicted octanol–water partition coefficient (Wildman–Crippen LogP) is 0.115. The Balaban J connectivity index is 3.11. The molecule has 1 aromatic heterocycles. The summed E-state index contributed by atoms with van der Waals surface area (Å²) in [6, 6.07) is 2.78. The molecule has 1 heterocycles. The Bertz CT molecular complexity index is 324. The van der Waals surface area contributed by atoms with E-state index in [-0.39, 0.29) is 5.69 Å². The lowest BCUT2D eigenvalue weighted by atomic mass is 10.3. The van der Waals surface area contributed by atoms with Crippen LogP contribution in [0.25, 0.3) is 0 Å². The second-order valence-corrected chi connectivity index (χ2v) is 2.27. The average molecular weight is 183 g/mol. The molecular formula is C8H9NO4. The number of carbonyl (C=O) groups excluding carboxylic acids is 1. The monoisotopic (exact) mass is 183 g/mol. The van der Waals surface area contributed by atoms with Crippen LogP contribution in [0.1, 0.15) is 10.5 Å². The van der Waals surface area contributed by atoms with Gasteiger partial charge in [-0.15, -0.1) is 0 Å². The van der Waals surface area contributed by atoms with Gasteiger partial charge in [0.2, 0.25) is 0 Å². The van der Waals surface area contributed by atoms with Crippen molar-refractivity contribution >= 4 is 5.97 Å². The van der Waals surface area contributed by atoms with E-state index in [2.05, 4.69) is 4.74 Å². The van der Waals surface area contributed by atoms with Gasteiger partial charge < -0.3 is 14.7 Å². The quantitative estimate of drug-likeness (QED) is 0.371. The number of hydrogen-bond acceptors (Lipinski definition) is 4. The topological polar surface area (TPSA) is 62.5 Å². The summed E-state index contributed by atoms with van der Waals surface area (Å²) in [5, 5.41) is 11.0. The summed E-state index contributed by atoms with van der Waals surface area (Å²) in [6.45, 7) is 0.